The predicted octanol–water partition coefficient (Wildman–Crippen LogP) is 0.967. The molecule has 3 rings (SSSR count). The molecule has 2 amide bonds. The molecule has 1 aromatic carbocycles. The van der Waals surface area contributed by atoms with Crippen LogP contribution in [0.1, 0.15) is 30.9 Å². The van der Waals surface area contributed by atoms with E-state index in [1.807, 2.05) is 6.07 Å². The van der Waals surface area contributed by atoms with Crippen LogP contribution in [0.4, 0.5) is 0 Å². The lowest BCUT2D eigenvalue weighted by molar-refractivity contribution is -0.126. The summed E-state index contributed by atoms with van der Waals surface area (Å²) in [6.07, 6.45) is 1.90. The fourth-order valence-corrected chi connectivity index (χ4v) is 3.30. The van der Waals surface area contributed by atoms with Crippen molar-refractivity contribution in [2.45, 2.75) is 32.9 Å². The average Bonchev–Trinajstić information content (AvgIpc) is 3.51. The van der Waals surface area contributed by atoms with E-state index in [1.54, 1.807) is 0 Å². The van der Waals surface area contributed by atoms with Crippen molar-refractivity contribution in [3.63, 3.8) is 0 Å². The van der Waals surface area contributed by atoms with Crippen LogP contribution in [0.3, 0.4) is 0 Å². The van der Waals surface area contributed by atoms with Crippen LogP contribution >= 0.6 is 0 Å². The average molecular weight is 358 g/mol. The second-order valence-corrected chi connectivity index (χ2v) is 7.25. The second kappa shape index (κ2) is 9.14. The van der Waals surface area contributed by atoms with Gasteiger partial charge in [-0.25, -0.2) is 0 Å². The van der Waals surface area contributed by atoms with Crippen molar-refractivity contribution in [2.24, 2.45) is 5.92 Å². The summed E-state index contributed by atoms with van der Waals surface area (Å²) in [7, 11) is 0. The summed E-state index contributed by atoms with van der Waals surface area (Å²) in [5.74, 6) is 0.00818. The first-order valence-corrected chi connectivity index (χ1v) is 9.71. The Morgan fingerprint density at radius 2 is 1.65 bits per heavy atom. The summed E-state index contributed by atoms with van der Waals surface area (Å²) >= 11 is 0. The van der Waals surface area contributed by atoms with E-state index in [0.717, 1.165) is 57.7 Å². The number of carbonyl (C=O) groups is 2. The molecule has 0 aromatic heterocycles. The van der Waals surface area contributed by atoms with E-state index in [4.69, 9.17) is 0 Å². The van der Waals surface area contributed by atoms with Gasteiger partial charge in [0.25, 0.3) is 0 Å². The molecule has 1 saturated carbocycles. The van der Waals surface area contributed by atoms with Crippen molar-refractivity contribution in [2.75, 3.05) is 39.3 Å². The van der Waals surface area contributed by atoms with Crippen LogP contribution in [0.5, 0.6) is 0 Å². The maximum absolute atomic E-state index is 12.0. The summed E-state index contributed by atoms with van der Waals surface area (Å²) in [5.41, 5.74) is 2.41. The van der Waals surface area contributed by atoms with Crippen LogP contribution in [0.2, 0.25) is 0 Å². The number of amides is 2. The molecule has 2 fully saturated rings. The van der Waals surface area contributed by atoms with Gasteiger partial charge in [-0.3, -0.25) is 14.5 Å². The summed E-state index contributed by atoms with van der Waals surface area (Å²) in [6, 6.07) is 8.27. The Labute approximate surface area is 155 Å². The van der Waals surface area contributed by atoms with Crippen molar-refractivity contribution < 1.29 is 9.59 Å². The van der Waals surface area contributed by atoms with Crippen LogP contribution in [0.15, 0.2) is 24.3 Å². The first-order chi connectivity index (χ1) is 12.7. The van der Waals surface area contributed by atoms with E-state index in [-0.39, 0.29) is 24.3 Å². The molecule has 1 aliphatic carbocycles. The normalized spacial score (nSPS) is 18.5. The predicted molar refractivity (Wildman–Crippen MR) is 101 cm³/mol. The first kappa shape index (κ1) is 18.9. The molecule has 0 unspecified atom stereocenters. The minimum Gasteiger partial charge on any atom is -0.350 e. The van der Waals surface area contributed by atoms with Gasteiger partial charge >= 0.3 is 0 Å². The van der Waals surface area contributed by atoms with Gasteiger partial charge in [-0.1, -0.05) is 31.2 Å². The van der Waals surface area contributed by atoms with E-state index < -0.39 is 0 Å². The zero-order chi connectivity index (χ0) is 18.4. The highest BCUT2D eigenvalue weighted by Gasteiger charge is 2.29. The summed E-state index contributed by atoms with van der Waals surface area (Å²) in [6.45, 7) is 9.23. The number of hydrogen-bond acceptors (Lipinski definition) is 4. The molecular weight excluding hydrogens is 328 g/mol. The minimum absolute atomic E-state index is 0.00627. The smallest absolute Gasteiger partial charge is 0.239 e. The molecule has 6 heteroatoms. The van der Waals surface area contributed by atoms with Crippen LogP contribution < -0.4 is 10.6 Å². The zero-order valence-electron chi connectivity index (χ0n) is 15.7. The molecule has 0 spiro atoms. The molecule has 0 radical (unpaired) electrons. The van der Waals surface area contributed by atoms with E-state index in [1.165, 1.54) is 5.56 Å². The molecule has 2 N–H and O–H groups in total. The molecule has 1 aromatic rings. The van der Waals surface area contributed by atoms with Crippen molar-refractivity contribution in [3.05, 3.63) is 35.4 Å². The standard InChI is InChI=1S/C20H30N4O2/c1-2-23-9-11-24(12-10-23)15-18-6-4-3-5-17(18)13-21-19(25)14-22-20(26)16-7-8-16/h3-6,16H,2,7-15H2,1H3,(H,21,25)(H,22,26). The molecule has 1 aliphatic heterocycles. The number of hydrogen-bond donors (Lipinski definition) is 2. The lowest BCUT2D eigenvalue weighted by Gasteiger charge is -2.34. The van der Waals surface area contributed by atoms with Crippen molar-refractivity contribution in [1.29, 1.82) is 0 Å². The molecule has 0 bridgehead atoms. The molecule has 6 nitrogen and oxygen atoms in total. The Kier molecular flexibility index (Phi) is 6.63. The number of piperazine rings is 1. The Morgan fingerprint density at radius 1 is 1.00 bits per heavy atom. The van der Waals surface area contributed by atoms with Gasteiger partial charge in [0.05, 0.1) is 6.54 Å². The molecule has 1 heterocycles. The van der Waals surface area contributed by atoms with Gasteiger partial charge in [0, 0.05) is 45.2 Å². The lowest BCUT2D eigenvalue weighted by atomic mass is 10.1. The van der Waals surface area contributed by atoms with Crippen molar-refractivity contribution in [1.82, 2.24) is 20.4 Å². The van der Waals surface area contributed by atoms with E-state index in [9.17, 15) is 9.59 Å². The van der Waals surface area contributed by atoms with Gasteiger partial charge in [-0.05, 0) is 30.5 Å². The van der Waals surface area contributed by atoms with Crippen molar-refractivity contribution in [3.8, 4) is 0 Å². The third-order valence-electron chi connectivity index (χ3n) is 5.27. The number of rotatable bonds is 8. The number of likely N-dealkylation sites (N-methyl/N-ethyl adjacent to an activating group) is 1. The largest absolute Gasteiger partial charge is 0.350 e. The van der Waals surface area contributed by atoms with Crippen LogP contribution in [-0.2, 0) is 22.7 Å². The molecule has 0 atom stereocenters. The minimum atomic E-state index is -0.134. The number of carbonyl (C=O) groups excluding carboxylic acids is 2. The van der Waals surface area contributed by atoms with Crippen LogP contribution in [0.25, 0.3) is 0 Å². The van der Waals surface area contributed by atoms with Crippen molar-refractivity contribution >= 4 is 11.8 Å². The van der Waals surface area contributed by atoms with Crippen LogP contribution in [-0.4, -0.2) is 60.9 Å². The van der Waals surface area contributed by atoms with E-state index in [0.29, 0.717) is 6.54 Å². The Hall–Kier alpha value is -1.92. The van der Waals surface area contributed by atoms with E-state index >= 15 is 0 Å². The molecule has 26 heavy (non-hydrogen) atoms. The van der Waals surface area contributed by atoms with Gasteiger partial charge in [-0.2, -0.15) is 0 Å². The highest BCUT2D eigenvalue weighted by molar-refractivity contribution is 5.86. The van der Waals surface area contributed by atoms with Crippen LogP contribution in [0, 0.1) is 5.92 Å². The molecule has 2 aliphatic rings. The second-order valence-electron chi connectivity index (χ2n) is 7.25. The number of nitrogens with zero attached hydrogens (tertiary/aromatic N) is 2. The quantitative estimate of drug-likeness (QED) is 0.727. The van der Waals surface area contributed by atoms with Gasteiger partial charge in [0.15, 0.2) is 0 Å². The zero-order valence-corrected chi connectivity index (χ0v) is 15.7. The fourth-order valence-electron chi connectivity index (χ4n) is 3.30. The fraction of sp³-hybridized carbons (Fsp3) is 0.600. The van der Waals surface area contributed by atoms with Gasteiger partial charge in [0.2, 0.25) is 11.8 Å². The molecule has 1 saturated heterocycles. The maximum atomic E-state index is 12.0. The summed E-state index contributed by atoms with van der Waals surface area (Å²) in [4.78, 5) is 28.5. The third kappa shape index (κ3) is 5.54. The van der Waals surface area contributed by atoms with Gasteiger partial charge in [0.1, 0.15) is 0 Å². The van der Waals surface area contributed by atoms with Gasteiger partial charge in [-0.15, -0.1) is 0 Å². The topological polar surface area (TPSA) is 64.7 Å². The summed E-state index contributed by atoms with van der Waals surface area (Å²) in [5, 5.41) is 5.63. The van der Waals surface area contributed by atoms with E-state index in [2.05, 4.69) is 45.6 Å². The van der Waals surface area contributed by atoms with Gasteiger partial charge < -0.3 is 15.5 Å². The monoisotopic (exact) mass is 358 g/mol. The maximum Gasteiger partial charge on any atom is 0.239 e. The Bertz CT molecular complexity index is 622. The number of benzene rings is 1. The Balaban J connectivity index is 1.45. The Morgan fingerprint density at radius 3 is 2.31 bits per heavy atom. The molecular formula is C20H30N4O2. The summed E-state index contributed by atoms with van der Waals surface area (Å²) < 4.78 is 0. The number of nitrogens with one attached hydrogen (secondary N) is 2. The SMILES string of the molecule is CCN1CCN(Cc2ccccc2CNC(=O)CNC(=O)C2CC2)CC1. The molecule has 142 valence electrons. The first-order valence-electron chi connectivity index (χ1n) is 9.71. The third-order valence-corrected chi connectivity index (χ3v) is 5.27. The lowest BCUT2D eigenvalue weighted by Crippen LogP contribution is -2.45. The highest BCUT2D eigenvalue weighted by Crippen LogP contribution is 2.28. The highest BCUT2D eigenvalue weighted by atomic mass is 16.2.